The van der Waals surface area contributed by atoms with Crippen LogP contribution >= 0.6 is 0 Å². The molecule has 0 bridgehead atoms. The van der Waals surface area contributed by atoms with Crippen LogP contribution in [0.4, 0.5) is 4.79 Å². The summed E-state index contributed by atoms with van der Waals surface area (Å²) in [6, 6.07) is 0. The average molecular weight is 306 g/mol. The summed E-state index contributed by atoms with van der Waals surface area (Å²) in [6.45, 7) is 0. The molecular formula is CH4N2O5Zr2. The van der Waals surface area contributed by atoms with Crippen LogP contribution in [0.1, 0.15) is 0 Å². The molecule has 56 valence electrons. The van der Waals surface area contributed by atoms with Gasteiger partial charge in [-0.1, -0.05) is 0 Å². The molecule has 0 aliphatic carbocycles. The van der Waals surface area contributed by atoms with Gasteiger partial charge in [0.05, 0.1) is 0 Å². The molecule has 0 spiro atoms. The molecule has 10 heavy (non-hydrogen) atoms. The molecule has 0 saturated carbocycles. The molecule has 9 heteroatoms. The fourth-order valence-electron chi connectivity index (χ4n) is 0. The van der Waals surface area contributed by atoms with Gasteiger partial charge in [0.15, 0.2) is 0 Å². The van der Waals surface area contributed by atoms with Gasteiger partial charge in [0.2, 0.25) is 0 Å². The maximum absolute atomic E-state index is 8.34. The molecule has 0 unspecified atom stereocenters. The van der Waals surface area contributed by atoms with Crippen molar-refractivity contribution in [2.75, 3.05) is 0 Å². The van der Waals surface area contributed by atoms with Gasteiger partial charge >= 0.3 is 55.1 Å². The molecule has 0 aromatic carbocycles. The molecule has 0 aliphatic rings. The van der Waals surface area contributed by atoms with Crippen molar-refractivity contribution in [3.8, 4) is 0 Å². The number of carbonyl (C=O) groups excluding carboxylic acids is 1. The van der Waals surface area contributed by atoms with E-state index in [1.54, 1.807) is 0 Å². The van der Waals surface area contributed by atoms with Crippen molar-refractivity contribution in [3.05, 3.63) is 12.3 Å². The van der Waals surface area contributed by atoms with E-state index >= 15 is 0 Å². The van der Waals surface area contributed by atoms with Gasteiger partial charge in [-0.3, -0.25) is 0 Å². The number of carboxylic acid groups (broad SMARTS) is 2. The van der Waals surface area contributed by atoms with Crippen LogP contribution in [0.3, 0.4) is 0 Å². The molecule has 7 nitrogen and oxygen atoms in total. The Morgan fingerprint density at radius 3 is 0.900 bits per heavy atom. The van der Waals surface area contributed by atoms with Crippen molar-refractivity contribution in [1.29, 1.82) is 0 Å². The number of hydrogen-bond donors (Lipinski definition) is 0. The summed E-state index contributed by atoms with van der Waals surface area (Å²) in [4.78, 5) is 8.33. The molecule has 0 atom stereocenters. The van der Waals surface area contributed by atoms with Crippen LogP contribution in [0.25, 0.3) is 12.3 Å². The molecule has 0 amide bonds. The van der Waals surface area contributed by atoms with Crippen molar-refractivity contribution < 1.29 is 70.1 Å². The van der Waals surface area contributed by atoms with Gasteiger partial charge < -0.3 is 27.3 Å². The fourth-order valence-corrected chi connectivity index (χ4v) is 0. The predicted molar refractivity (Wildman–Crippen MR) is 17.3 cm³/mol. The van der Waals surface area contributed by atoms with Crippen LogP contribution in [-0.4, -0.2) is 6.16 Å². The first-order valence-electron chi connectivity index (χ1n) is 1.02. The first-order valence-corrected chi connectivity index (χ1v) is 3.03. The summed E-state index contributed by atoms with van der Waals surface area (Å²) < 4.78 is 16.7. The standard InChI is InChI=1S/CH2O3.2H2N.2O.2Zr/c2-1(3)4;;;;;;/h(H2,2,3,4);2*1H2;;;;/q;2*-1;;;2*+2/p-2. The third-order valence-corrected chi connectivity index (χ3v) is 0. The Balaban J connectivity index is -0.0000000125. The molecule has 4 N–H and O–H groups in total. The summed E-state index contributed by atoms with van der Waals surface area (Å²) in [6.07, 6.45) is -2.33. The van der Waals surface area contributed by atoms with E-state index in [0.29, 0.717) is 49.4 Å². The Labute approximate surface area is 87.9 Å². The third kappa shape index (κ3) is 1580. The van der Waals surface area contributed by atoms with E-state index in [9.17, 15) is 0 Å². The van der Waals surface area contributed by atoms with Crippen LogP contribution in [-0.2, 0) is 55.1 Å². The monoisotopic (exact) mass is 304 g/mol. The third-order valence-electron chi connectivity index (χ3n) is 0. The van der Waals surface area contributed by atoms with Crippen LogP contribution in [0.5, 0.6) is 0 Å². The zero-order valence-corrected chi connectivity index (χ0v) is 9.61. The molecular weight excluding hydrogens is 302 g/mol. The van der Waals surface area contributed by atoms with Crippen LogP contribution in [0, 0.1) is 0 Å². The Morgan fingerprint density at radius 1 is 0.900 bits per heavy atom. The topological polar surface area (TPSA) is 164 Å². The van der Waals surface area contributed by atoms with Crippen molar-refractivity contribution in [1.82, 2.24) is 0 Å². The molecule has 0 heterocycles. The second kappa shape index (κ2) is 55.3. The molecule has 0 aromatic heterocycles. The quantitative estimate of drug-likeness (QED) is 0.544. The average Bonchev–Trinajstić information content (AvgIpc) is 1.75. The fraction of sp³-hybridized carbons (Fsp3) is 0. The first-order chi connectivity index (χ1) is 3.73. The number of nitrogens with two attached hydrogens (primary N) is 2. The van der Waals surface area contributed by atoms with E-state index in [4.69, 9.17) is 20.6 Å². The first kappa shape index (κ1) is 31.2. The van der Waals surface area contributed by atoms with Gasteiger partial charge in [-0.15, -0.1) is 0 Å². The van der Waals surface area contributed by atoms with Crippen LogP contribution < -0.4 is 10.2 Å². The number of rotatable bonds is 0. The second-order valence-corrected chi connectivity index (χ2v) is 0.250. The second-order valence-electron chi connectivity index (χ2n) is 0.250. The molecule has 0 aliphatic heterocycles. The molecule has 0 saturated heterocycles. The van der Waals surface area contributed by atoms with E-state index in [1.807, 2.05) is 0 Å². The molecule has 0 aromatic rings. The minimum absolute atomic E-state index is 0. The minimum atomic E-state index is -2.33. The summed E-state index contributed by atoms with van der Waals surface area (Å²) in [5.74, 6) is 0. The van der Waals surface area contributed by atoms with Crippen molar-refractivity contribution >= 4 is 6.16 Å². The Hall–Kier alpha value is 0.556. The van der Waals surface area contributed by atoms with Gasteiger partial charge in [0.1, 0.15) is 0 Å². The van der Waals surface area contributed by atoms with Crippen LogP contribution in [0.15, 0.2) is 0 Å². The molecule has 0 radical (unpaired) electrons. The van der Waals surface area contributed by atoms with Crippen LogP contribution in [0.2, 0.25) is 0 Å². The van der Waals surface area contributed by atoms with Gasteiger partial charge in [-0.2, -0.15) is 0 Å². The predicted octanol–water partition coefficient (Wildman–Crippen LogP) is -1.26. The van der Waals surface area contributed by atoms with E-state index in [-0.39, 0.29) is 12.3 Å². The summed E-state index contributed by atoms with van der Waals surface area (Å²) in [5, 5.41) is 16.7. The summed E-state index contributed by atoms with van der Waals surface area (Å²) in [5.41, 5.74) is 0. The Bertz CT molecular complexity index is 55.6. The Morgan fingerprint density at radius 2 is 0.900 bits per heavy atom. The van der Waals surface area contributed by atoms with E-state index in [1.165, 1.54) is 0 Å². The number of hydrogen-bond acceptors (Lipinski definition) is 5. The number of carbonyl (C=O) groups is 1. The van der Waals surface area contributed by atoms with Gasteiger partial charge in [0.25, 0.3) is 0 Å². The van der Waals surface area contributed by atoms with Crippen molar-refractivity contribution in [2.45, 2.75) is 0 Å². The van der Waals surface area contributed by atoms with Crippen molar-refractivity contribution in [3.63, 3.8) is 0 Å². The summed E-state index contributed by atoms with van der Waals surface area (Å²) >= 11 is 0.600. The van der Waals surface area contributed by atoms with Crippen molar-refractivity contribution in [2.24, 2.45) is 0 Å². The zero-order valence-electron chi connectivity index (χ0n) is 4.70. The normalized spacial score (nSPS) is 3.60. The van der Waals surface area contributed by atoms with E-state index < -0.39 is 6.16 Å². The Kier molecular flexibility index (Phi) is 173. The zero-order chi connectivity index (χ0) is 7.58. The summed E-state index contributed by atoms with van der Waals surface area (Å²) in [7, 11) is 0. The molecule has 0 fully saturated rings. The maximum atomic E-state index is 8.34. The molecule has 0 rings (SSSR count). The van der Waals surface area contributed by atoms with E-state index in [2.05, 4.69) is 0 Å². The van der Waals surface area contributed by atoms with Gasteiger partial charge in [-0.05, 0) is 6.16 Å². The van der Waals surface area contributed by atoms with E-state index in [0.717, 1.165) is 0 Å². The van der Waals surface area contributed by atoms with Gasteiger partial charge in [-0.25, -0.2) is 0 Å². The SMILES string of the molecule is O=C([O-])[O-].[NH2-].[NH2-].[O]=[Zr+2].[O]=[Zr+2]. The van der Waals surface area contributed by atoms with Gasteiger partial charge in [0, 0.05) is 0 Å².